The van der Waals surface area contributed by atoms with Crippen LogP contribution in [0.1, 0.15) is 23.7 Å². The Morgan fingerprint density at radius 3 is 2.50 bits per heavy atom. The van der Waals surface area contributed by atoms with E-state index in [4.69, 9.17) is 10.8 Å². The minimum atomic E-state index is -1.12. The number of primary amides is 1. The van der Waals surface area contributed by atoms with E-state index in [1.807, 2.05) is 0 Å². The predicted molar refractivity (Wildman–Crippen MR) is 73.6 cm³/mol. The monoisotopic (exact) mass is 279 g/mol. The van der Waals surface area contributed by atoms with Crippen LogP contribution in [-0.2, 0) is 4.79 Å². The third-order valence-electron chi connectivity index (χ3n) is 2.68. The highest BCUT2D eigenvalue weighted by Gasteiger charge is 2.19. The molecule has 108 valence electrons. The summed E-state index contributed by atoms with van der Waals surface area (Å²) in [4.78, 5) is 35.0. The molecule has 7 nitrogen and oxygen atoms in total. The third-order valence-corrected chi connectivity index (χ3v) is 2.68. The quantitative estimate of drug-likeness (QED) is 0.739. The SMILES string of the molecule is CC(CC(N)=O)NC(=O)N(C)c1ccccc1C(=O)O. The predicted octanol–water partition coefficient (Wildman–Crippen LogP) is 0.794. The van der Waals surface area contributed by atoms with E-state index in [0.717, 1.165) is 0 Å². The van der Waals surface area contributed by atoms with Gasteiger partial charge in [-0.15, -0.1) is 0 Å². The van der Waals surface area contributed by atoms with Crippen molar-refractivity contribution in [2.24, 2.45) is 5.73 Å². The van der Waals surface area contributed by atoms with E-state index in [1.165, 1.54) is 24.1 Å². The molecule has 0 heterocycles. The van der Waals surface area contributed by atoms with Crippen molar-refractivity contribution < 1.29 is 19.5 Å². The summed E-state index contributed by atoms with van der Waals surface area (Å²) in [5.74, 6) is -1.64. The van der Waals surface area contributed by atoms with Gasteiger partial charge >= 0.3 is 12.0 Å². The Morgan fingerprint density at radius 2 is 1.95 bits per heavy atom. The number of nitrogens with two attached hydrogens (primary N) is 1. The minimum Gasteiger partial charge on any atom is -0.478 e. The maximum Gasteiger partial charge on any atom is 0.337 e. The molecular formula is C13H17N3O4. The number of aromatic carboxylic acids is 1. The van der Waals surface area contributed by atoms with E-state index in [1.54, 1.807) is 19.1 Å². The maximum absolute atomic E-state index is 12.0. The van der Waals surface area contributed by atoms with Crippen LogP contribution in [0.25, 0.3) is 0 Å². The summed E-state index contributed by atoms with van der Waals surface area (Å²) in [5, 5.41) is 11.6. The highest BCUT2D eigenvalue weighted by molar-refractivity contribution is 6.01. The molecule has 0 radical (unpaired) electrons. The van der Waals surface area contributed by atoms with Gasteiger partial charge in [-0.05, 0) is 19.1 Å². The molecule has 1 rings (SSSR count). The molecule has 1 aromatic rings. The first-order valence-corrected chi connectivity index (χ1v) is 5.97. The number of urea groups is 1. The fourth-order valence-electron chi connectivity index (χ4n) is 1.72. The molecule has 0 aliphatic heterocycles. The topological polar surface area (TPSA) is 113 Å². The number of hydrogen-bond acceptors (Lipinski definition) is 3. The van der Waals surface area contributed by atoms with Crippen LogP contribution < -0.4 is 16.0 Å². The lowest BCUT2D eigenvalue weighted by atomic mass is 10.1. The molecule has 1 unspecified atom stereocenters. The van der Waals surface area contributed by atoms with Gasteiger partial charge in [0, 0.05) is 19.5 Å². The van der Waals surface area contributed by atoms with Crippen LogP contribution in [0.5, 0.6) is 0 Å². The molecule has 20 heavy (non-hydrogen) atoms. The average molecular weight is 279 g/mol. The molecule has 1 atom stereocenters. The van der Waals surface area contributed by atoms with Crippen LogP contribution in [-0.4, -0.2) is 36.1 Å². The summed E-state index contributed by atoms with van der Waals surface area (Å²) in [6.07, 6.45) is 0.0140. The standard InChI is InChI=1S/C13H17N3O4/c1-8(7-11(14)17)15-13(20)16(2)10-6-4-3-5-9(10)12(18)19/h3-6,8H,7H2,1-2H3,(H2,14,17)(H,15,20)(H,18,19). The van der Waals surface area contributed by atoms with Crippen LogP contribution >= 0.6 is 0 Å². The van der Waals surface area contributed by atoms with E-state index in [-0.39, 0.29) is 17.7 Å². The van der Waals surface area contributed by atoms with Crippen LogP contribution in [0.3, 0.4) is 0 Å². The molecule has 0 saturated carbocycles. The van der Waals surface area contributed by atoms with Gasteiger partial charge in [0.1, 0.15) is 0 Å². The second kappa shape index (κ2) is 6.55. The zero-order valence-electron chi connectivity index (χ0n) is 11.3. The lowest BCUT2D eigenvalue weighted by molar-refractivity contribution is -0.118. The number of carbonyl (C=O) groups is 3. The molecule has 1 aromatic carbocycles. The summed E-state index contributed by atoms with van der Waals surface area (Å²) in [6.45, 7) is 1.64. The molecule has 0 fully saturated rings. The molecule has 0 bridgehead atoms. The number of anilines is 1. The zero-order chi connectivity index (χ0) is 15.3. The third kappa shape index (κ3) is 3.98. The molecule has 7 heteroatoms. The molecule has 0 saturated heterocycles. The van der Waals surface area contributed by atoms with E-state index in [2.05, 4.69) is 5.32 Å². The Bertz CT molecular complexity index is 530. The number of hydrogen-bond donors (Lipinski definition) is 3. The van der Waals surface area contributed by atoms with Crippen molar-refractivity contribution in [3.63, 3.8) is 0 Å². The summed E-state index contributed by atoms with van der Waals surface area (Å²) < 4.78 is 0. The van der Waals surface area contributed by atoms with Gasteiger partial charge < -0.3 is 16.2 Å². The number of nitrogens with one attached hydrogen (secondary N) is 1. The number of para-hydroxylation sites is 1. The highest BCUT2D eigenvalue weighted by Crippen LogP contribution is 2.19. The van der Waals surface area contributed by atoms with Gasteiger partial charge in [0.25, 0.3) is 0 Å². The van der Waals surface area contributed by atoms with E-state index < -0.39 is 23.9 Å². The van der Waals surface area contributed by atoms with E-state index in [9.17, 15) is 14.4 Å². The van der Waals surface area contributed by atoms with Crippen LogP contribution in [0, 0.1) is 0 Å². The van der Waals surface area contributed by atoms with Crippen molar-refractivity contribution in [2.45, 2.75) is 19.4 Å². The van der Waals surface area contributed by atoms with E-state index in [0.29, 0.717) is 0 Å². The van der Waals surface area contributed by atoms with Crippen LogP contribution in [0.2, 0.25) is 0 Å². The first-order chi connectivity index (χ1) is 9.32. The average Bonchev–Trinajstić information content (AvgIpc) is 2.36. The first kappa shape index (κ1) is 15.5. The lowest BCUT2D eigenvalue weighted by Gasteiger charge is -2.22. The largest absolute Gasteiger partial charge is 0.478 e. The fourth-order valence-corrected chi connectivity index (χ4v) is 1.72. The minimum absolute atomic E-state index is 0.0140. The maximum atomic E-state index is 12.0. The second-order valence-electron chi connectivity index (χ2n) is 4.40. The van der Waals surface area contributed by atoms with Crippen molar-refractivity contribution in [1.29, 1.82) is 0 Å². The van der Waals surface area contributed by atoms with Crippen molar-refractivity contribution in [3.8, 4) is 0 Å². The Kier molecular flexibility index (Phi) is 5.08. The van der Waals surface area contributed by atoms with Gasteiger partial charge in [-0.25, -0.2) is 9.59 Å². The first-order valence-electron chi connectivity index (χ1n) is 5.97. The lowest BCUT2D eigenvalue weighted by Crippen LogP contribution is -2.43. The normalized spacial score (nSPS) is 11.5. The Morgan fingerprint density at radius 1 is 1.35 bits per heavy atom. The molecule has 0 aliphatic rings. The number of rotatable bonds is 5. The van der Waals surface area contributed by atoms with Gasteiger partial charge in [-0.3, -0.25) is 9.69 Å². The Balaban J connectivity index is 2.84. The van der Waals surface area contributed by atoms with Crippen LogP contribution in [0.4, 0.5) is 10.5 Å². The van der Waals surface area contributed by atoms with E-state index >= 15 is 0 Å². The summed E-state index contributed by atoms with van der Waals surface area (Å²) in [7, 11) is 1.45. The summed E-state index contributed by atoms with van der Waals surface area (Å²) in [6, 6.07) is 5.22. The highest BCUT2D eigenvalue weighted by atomic mass is 16.4. The Labute approximate surface area is 116 Å². The molecule has 0 aliphatic carbocycles. The molecule has 4 N–H and O–H groups in total. The van der Waals surface area contributed by atoms with Crippen molar-refractivity contribution in [3.05, 3.63) is 29.8 Å². The van der Waals surface area contributed by atoms with Crippen molar-refractivity contribution >= 4 is 23.6 Å². The number of amides is 3. The number of benzene rings is 1. The van der Waals surface area contributed by atoms with Gasteiger partial charge in [-0.2, -0.15) is 0 Å². The van der Waals surface area contributed by atoms with Gasteiger partial charge in [-0.1, -0.05) is 12.1 Å². The number of carboxylic acids is 1. The number of carboxylic acid groups (broad SMARTS) is 1. The second-order valence-corrected chi connectivity index (χ2v) is 4.40. The molecule has 0 spiro atoms. The smallest absolute Gasteiger partial charge is 0.337 e. The van der Waals surface area contributed by atoms with Gasteiger partial charge in [0.2, 0.25) is 5.91 Å². The molecule has 3 amide bonds. The summed E-state index contributed by atoms with van der Waals surface area (Å²) >= 11 is 0. The zero-order valence-corrected chi connectivity index (χ0v) is 11.3. The fraction of sp³-hybridized carbons (Fsp3) is 0.308. The van der Waals surface area contributed by atoms with Gasteiger partial charge in [0.05, 0.1) is 11.3 Å². The molecular weight excluding hydrogens is 262 g/mol. The Hall–Kier alpha value is -2.57. The summed E-state index contributed by atoms with van der Waals surface area (Å²) in [5.41, 5.74) is 5.33. The number of nitrogens with zero attached hydrogens (tertiary/aromatic N) is 1. The van der Waals surface area contributed by atoms with Gasteiger partial charge in [0.15, 0.2) is 0 Å². The van der Waals surface area contributed by atoms with Crippen LogP contribution in [0.15, 0.2) is 24.3 Å². The molecule has 0 aromatic heterocycles. The van der Waals surface area contributed by atoms with Crippen molar-refractivity contribution in [1.82, 2.24) is 5.32 Å². The van der Waals surface area contributed by atoms with Crippen molar-refractivity contribution in [2.75, 3.05) is 11.9 Å². The number of carbonyl (C=O) groups excluding carboxylic acids is 2.